The third kappa shape index (κ3) is 3.97. The minimum atomic E-state index is -0.390. The Labute approximate surface area is 272 Å². The second kappa shape index (κ2) is 10.4. The van der Waals surface area contributed by atoms with Crippen molar-refractivity contribution in [1.82, 2.24) is 29.8 Å². The van der Waals surface area contributed by atoms with Crippen molar-refractivity contribution in [2.75, 3.05) is 36.9 Å². The summed E-state index contributed by atoms with van der Waals surface area (Å²) in [7, 11) is 0. The Balaban J connectivity index is 1.23. The molecule has 46 heavy (non-hydrogen) atoms. The highest BCUT2D eigenvalue weighted by molar-refractivity contribution is 7.16. The Bertz CT molecular complexity index is 1900. The van der Waals surface area contributed by atoms with Gasteiger partial charge in [0.05, 0.1) is 23.1 Å². The number of nitriles is 1. The van der Waals surface area contributed by atoms with E-state index in [0.29, 0.717) is 46.5 Å². The summed E-state index contributed by atoms with van der Waals surface area (Å²) in [6.45, 7) is 10.6. The average Bonchev–Trinajstić information content (AvgIpc) is 3.70. The molecule has 240 valence electrons. The van der Waals surface area contributed by atoms with Crippen LogP contribution < -0.4 is 15.4 Å². The molecule has 4 aromatic heterocycles. The lowest BCUT2D eigenvalue weighted by Crippen LogP contribution is -2.47. The van der Waals surface area contributed by atoms with Gasteiger partial charge in [-0.15, -0.1) is 16.4 Å². The Morgan fingerprint density at radius 3 is 2.70 bits per heavy atom. The fraction of sp³-hybridized carbons (Fsp3) is 0.618. The van der Waals surface area contributed by atoms with Crippen LogP contribution in [0.25, 0.3) is 22.6 Å². The molecule has 0 saturated carbocycles. The van der Waals surface area contributed by atoms with E-state index in [-0.39, 0.29) is 12.1 Å². The molecule has 9 rings (SSSR count). The van der Waals surface area contributed by atoms with Crippen molar-refractivity contribution in [1.29, 1.82) is 5.26 Å². The van der Waals surface area contributed by atoms with E-state index in [4.69, 9.17) is 35.2 Å². The molecule has 3 aliphatic heterocycles. The summed E-state index contributed by atoms with van der Waals surface area (Å²) in [6, 6.07) is 3.08. The van der Waals surface area contributed by atoms with Crippen LogP contribution in [-0.4, -0.2) is 68.1 Å². The Morgan fingerprint density at radius 1 is 1.09 bits per heavy atom. The van der Waals surface area contributed by atoms with E-state index in [2.05, 4.69) is 41.3 Å². The fourth-order valence-electron chi connectivity index (χ4n) is 8.98. The summed E-state index contributed by atoms with van der Waals surface area (Å²) in [4.78, 5) is 16.8. The second-order valence-electron chi connectivity index (χ2n) is 14.4. The number of likely N-dealkylation sites (tertiary alicyclic amines) is 1. The normalized spacial score (nSPS) is 26.8. The third-order valence-electron chi connectivity index (χ3n) is 11.7. The van der Waals surface area contributed by atoms with Gasteiger partial charge in [-0.3, -0.25) is 4.90 Å². The minimum absolute atomic E-state index is 0.0925. The predicted octanol–water partition coefficient (Wildman–Crippen LogP) is 5.61. The zero-order chi connectivity index (χ0) is 31.3. The first-order valence-electron chi connectivity index (χ1n) is 17.1. The maximum absolute atomic E-state index is 10.2. The summed E-state index contributed by atoms with van der Waals surface area (Å²) < 4.78 is 14.9. The van der Waals surface area contributed by atoms with Gasteiger partial charge in [-0.05, 0) is 96.2 Å². The highest BCUT2D eigenvalue weighted by Crippen LogP contribution is 2.55. The molecule has 11 nitrogen and oxygen atoms in total. The number of ether oxygens (including phenoxy) is 1. The number of thiophene rings is 1. The Morgan fingerprint density at radius 2 is 1.91 bits per heavy atom. The standard InChI is InChI=1S/C34H41N9O2S/c1-18-9-10-21-17-44-33-25-31(42(21)16-18)37-30(38-32(25)43(39-33)20(3)19(2)41-13-6-14-41)27-22-7-4-11-34(28(22)45-40-27)12-5-8-24-26(34)23(15-35)29(36)46-24/h18-21H,4-14,16-17,36H2,1-3H3. The van der Waals surface area contributed by atoms with Gasteiger partial charge in [-0.1, -0.05) is 12.1 Å². The third-order valence-corrected chi connectivity index (χ3v) is 12.8. The van der Waals surface area contributed by atoms with Gasteiger partial charge < -0.3 is 19.9 Å². The average molecular weight is 640 g/mol. The molecule has 12 heteroatoms. The number of fused-ring (bicyclic) bond motifs is 6. The van der Waals surface area contributed by atoms with Crippen LogP contribution in [0.4, 0.5) is 10.8 Å². The molecule has 4 aromatic rings. The summed E-state index contributed by atoms with van der Waals surface area (Å²) in [6.07, 6.45) is 9.11. The van der Waals surface area contributed by atoms with Crippen molar-refractivity contribution in [3.8, 4) is 23.5 Å². The number of nitrogens with zero attached hydrogens (tertiary/aromatic N) is 8. The predicted molar refractivity (Wildman–Crippen MR) is 176 cm³/mol. The fourth-order valence-corrected chi connectivity index (χ4v) is 10.1. The van der Waals surface area contributed by atoms with Crippen molar-refractivity contribution < 1.29 is 9.26 Å². The molecule has 5 aliphatic rings. The van der Waals surface area contributed by atoms with Gasteiger partial charge in [0.15, 0.2) is 22.9 Å². The number of aryl methyl sites for hydroxylation is 1. The molecule has 2 aliphatic carbocycles. The lowest BCUT2D eigenvalue weighted by Gasteiger charge is -2.39. The molecule has 0 amide bonds. The smallest absolute Gasteiger partial charge is 0.246 e. The molecule has 7 heterocycles. The first-order chi connectivity index (χ1) is 22.4. The number of piperidine rings is 1. The molecule has 0 aromatic carbocycles. The molecule has 0 radical (unpaired) electrons. The molecule has 0 bridgehead atoms. The lowest BCUT2D eigenvalue weighted by atomic mass is 9.63. The number of aromatic nitrogens is 5. The van der Waals surface area contributed by atoms with E-state index in [9.17, 15) is 5.26 Å². The maximum Gasteiger partial charge on any atom is 0.246 e. The van der Waals surface area contributed by atoms with E-state index >= 15 is 0 Å². The van der Waals surface area contributed by atoms with Crippen molar-refractivity contribution >= 4 is 33.2 Å². The SMILES string of the molecule is CC1CCC2COc3nn(C(C)C(C)N4CCC4)c4nc(-c5noc6c5CCCC65CCCc6sc(N)c(C#N)c65)nc(c34)N2C1. The summed E-state index contributed by atoms with van der Waals surface area (Å²) in [5.74, 6) is 3.55. The number of hydrogen-bond acceptors (Lipinski definition) is 11. The van der Waals surface area contributed by atoms with Crippen LogP contribution >= 0.6 is 11.3 Å². The second-order valence-corrected chi connectivity index (χ2v) is 15.5. The van der Waals surface area contributed by atoms with Gasteiger partial charge in [0.1, 0.15) is 28.9 Å². The zero-order valence-electron chi connectivity index (χ0n) is 26.9. The number of nitrogen functional groups attached to an aromatic ring is 1. The van der Waals surface area contributed by atoms with Crippen molar-refractivity contribution in [3.63, 3.8) is 0 Å². The first-order valence-corrected chi connectivity index (χ1v) is 17.9. The number of anilines is 2. The highest BCUT2D eigenvalue weighted by Gasteiger charge is 2.49. The molecule has 2 fully saturated rings. The van der Waals surface area contributed by atoms with E-state index in [1.54, 1.807) is 11.3 Å². The van der Waals surface area contributed by atoms with Gasteiger partial charge in [-0.2, -0.15) is 5.26 Å². The van der Waals surface area contributed by atoms with E-state index in [1.807, 2.05) is 0 Å². The van der Waals surface area contributed by atoms with Gasteiger partial charge >= 0.3 is 0 Å². The number of rotatable bonds is 4. The van der Waals surface area contributed by atoms with Crippen LogP contribution in [0.2, 0.25) is 0 Å². The molecule has 2 N–H and O–H groups in total. The van der Waals surface area contributed by atoms with E-state index in [0.717, 1.165) is 98.3 Å². The van der Waals surface area contributed by atoms with Crippen LogP contribution in [0.1, 0.15) is 99.1 Å². The molecular formula is C34H41N9O2S. The van der Waals surface area contributed by atoms with Crippen LogP contribution in [0.15, 0.2) is 4.52 Å². The van der Waals surface area contributed by atoms with Crippen molar-refractivity contribution in [2.24, 2.45) is 5.92 Å². The molecule has 5 atom stereocenters. The monoisotopic (exact) mass is 639 g/mol. The van der Waals surface area contributed by atoms with Crippen LogP contribution in [-0.2, 0) is 18.3 Å². The first kappa shape index (κ1) is 28.5. The van der Waals surface area contributed by atoms with Crippen LogP contribution in [0.5, 0.6) is 5.88 Å². The summed E-state index contributed by atoms with van der Waals surface area (Å²) in [5.41, 5.74) is 10.3. The van der Waals surface area contributed by atoms with Crippen LogP contribution in [0, 0.1) is 17.2 Å². The lowest BCUT2D eigenvalue weighted by molar-refractivity contribution is 0.0935. The highest BCUT2D eigenvalue weighted by atomic mass is 32.1. The quantitative estimate of drug-likeness (QED) is 0.300. The van der Waals surface area contributed by atoms with Crippen LogP contribution in [0.3, 0.4) is 0 Å². The summed E-state index contributed by atoms with van der Waals surface area (Å²) >= 11 is 1.57. The molecule has 1 spiro atoms. The molecule has 5 unspecified atom stereocenters. The molecule has 2 saturated heterocycles. The van der Waals surface area contributed by atoms with Gasteiger partial charge in [0, 0.05) is 23.0 Å². The Hall–Kier alpha value is -3.69. The number of nitrogens with two attached hydrogens (primary N) is 1. The largest absolute Gasteiger partial charge is 0.474 e. The van der Waals surface area contributed by atoms with E-state index in [1.165, 1.54) is 17.7 Å². The van der Waals surface area contributed by atoms with Gasteiger partial charge in [0.2, 0.25) is 5.88 Å². The van der Waals surface area contributed by atoms with Crippen molar-refractivity contribution in [3.05, 3.63) is 27.3 Å². The number of hydrogen-bond donors (Lipinski definition) is 1. The molecular weight excluding hydrogens is 599 g/mol. The topological polar surface area (TPSA) is 135 Å². The summed E-state index contributed by atoms with van der Waals surface area (Å²) in [5, 5.41) is 21.5. The minimum Gasteiger partial charge on any atom is -0.474 e. The van der Waals surface area contributed by atoms with Gasteiger partial charge in [0.25, 0.3) is 0 Å². The maximum atomic E-state index is 10.2. The van der Waals surface area contributed by atoms with Gasteiger partial charge in [-0.25, -0.2) is 14.6 Å². The van der Waals surface area contributed by atoms with Crippen molar-refractivity contribution in [2.45, 2.75) is 102 Å². The zero-order valence-corrected chi connectivity index (χ0v) is 27.7. The van der Waals surface area contributed by atoms with E-state index < -0.39 is 5.41 Å². The Kier molecular flexibility index (Phi) is 6.45.